The van der Waals surface area contributed by atoms with E-state index in [0.29, 0.717) is 13.0 Å². The lowest BCUT2D eigenvalue weighted by atomic mass is 9.94. The number of esters is 1. The molecule has 3 heteroatoms. The van der Waals surface area contributed by atoms with Crippen LogP contribution in [-0.2, 0) is 20.7 Å². The molecular formula is C17H18O3. The predicted octanol–water partition coefficient (Wildman–Crippen LogP) is 3.15. The molecular weight excluding hydrogens is 252 g/mol. The molecule has 0 heterocycles. The van der Waals surface area contributed by atoms with Crippen molar-refractivity contribution in [1.82, 2.24) is 0 Å². The van der Waals surface area contributed by atoms with Crippen LogP contribution in [-0.4, -0.2) is 18.4 Å². The number of carbonyl (C=O) groups excluding carboxylic acids is 2. The fourth-order valence-electron chi connectivity index (χ4n) is 2.24. The molecule has 0 bridgehead atoms. The van der Waals surface area contributed by atoms with Gasteiger partial charge >= 0.3 is 5.97 Å². The van der Waals surface area contributed by atoms with E-state index in [4.69, 9.17) is 4.74 Å². The molecule has 104 valence electrons. The molecule has 0 amide bonds. The van der Waals surface area contributed by atoms with Crippen molar-refractivity contribution in [2.45, 2.75) is 20.3 Å². The molecule has 3 nitrogen and oxygen atoms in total. The monoisotopic (exact) mass is 270 g/mol. The normalized spacial score (nSPS) is 12.1. The van der Waals surface area contributed by atoms with Crippen LogP contribution in [0.2, 0.25) is 0 Å². The molecule has 0 radical (unpaired) electrons. The van der Waals surface area contributed by atoms with Crippen LogP contribution in [0.25, 0.3) is 10.8 Å². The van der Waals surface area contributed by atoms with Crippen LogP contribution in [0.5, 0.6) is 0 Å². The summed E-state index contributed by atoms with van der Waals surface area (Å²) in [4.78, 5) is 23.4. The third-order valence-electron chi connectivity index (χ3n) is 3.32. The van der Waals surface area contributed by atoms with Gasteiger partial charge < -0.3 is 4.74 Å². The smallest absolute Gasteiger partial charge is 0.316 e. The summed E-state index contributed by atoms with van der Waals surface area (Å²) in [5.74, 6) is -1.30. The number of carbonyl (C=O) groups is 2. The van der Waals surface area contributed by atoms with Crippen molar-refractivity contribution in [3.05, 3.63) is 48.0 Å². The molecule has 0 spiro atoms. The van der Waals surface area contributed by atoms with Crippen molar-refractivity contribution in [1.29, 1.82) is 0 Å². The van der Waals surface area contributed by atoms with Gasteiger partial charge in [-0.2, -0.15) is 0 Å². The predicted molar refractivity (Wildman–Crippen MR) is 78.5 cm³/mol. The molecule has 2 aromatic rings. The standard InChI is InChI=1S/C17H18O3/c1-3-20-17(19)16(12(2)18)11-13-8-9-14-6-4-5-7-15(14)10-13/h4-10,16H,3,11H2,1-2H3. The zero-order valence-corrected chi connectivity index (χ0v) is 11.8. The maximum atomic E-state index is 11.8. The Bertz CT molecular complexity index is 631. The lowest BCUT2D eigenvalue weighted by Gasteiger charge is -2.13. The summed E-state index contributed by atoms with van der Waals surface area (Å²) in [5, 5.41) is 2.25. The number of hydrogen-bond acceptors (Lipinski definition) is 3. The van der Waals surface area contributed by atoms with Gasteiger partial charge in [-0.1, -0.05) is 42.5 Å². The Morgan fingerprint density at radius 2 is 1.80 bits per heavy atom. The van der Waals surface area contributed by atoms with Crippen LogP contribution in [0.4, 0.5) is 0 Å². The van der Waals surface area contributed by atoms with Gasteiger partial charge in [0.15, 0.2) is 0 Å². The van der Waals surface area contributed by atoms with E-state index in [1.165, 1.54) is 6.92 Å². The number of Topliss-reactive ketones (excluding diaryl/α,β-unsaturated/α-hetero) is 1. The highest BCUT2D eigenvalue weighted by molar-refractivity contribution is 5.98. The van der Waals surface area contributed by atoms with Crippen LogP contribution in [0.1, 0.15) is 19.4 Å². The Hall–Kier alpha value is -2.16. The van der Waals surface area contributed by atoms with E-state index in [9.17, 15) is 9.59 Å². The first kappa shape index (κ1) is 14.3. The van der Waals surface area contributed by atoms with Crippen molar-refractivity contribution in [2.75, 3.05) is 6.61 Å². The van der Waals surface area contributed by atoms with E-state index in [1.54, 1.807) is 6.92 Å². The van der Waals surface area contributed by atoms with Crippen molar-refractivity contribution < 1.29 is 14.3 Å². The second-order valence-corrected chi connectivity index (χ2v) is 4.80. The number of ether oxygens (including phenoxy) is 1. The summed E-state index contributed by atoms with van der Waals surface area (Å²) in [6.07, 6.45) is 0.388. The van der Waals surface area contributed by atoms with Crippen molar-refractivity contribution in [2.24, 2.45) is 5.92 Å². The molecule has 1 unspecified atom stereocenters. The highest BCUT2D eigenvalue weighted by Crippen LogP contribution is 2.19. The topological polar surface area (TPSA) is 43.4 Å². The summed E-state index contributed by atoms with van der Waals surface area (Å²) < 4.78 is 4.97. The second-order valence-electron chi connectivity index (χ2n) is 4.80. The molecule has 0 saturated carbocycles. The first-order chi connectivity index (χ1) is 9.61. The quantitative estimate of drug-likeness (QED) is 0.619. The van der Waals surface area contributed by atoms with E-state index in [2.05, 4.69) is 0 Å². The molecule has 0 aliphatic rings. The number of ketones is 1. The minimum absolute atomic E-state index is 0.156. The van der Waals surface area contributed by atoms with Crippen molar-refractivity contribution in [3.63, 3.8) is 0 Å². The maximum Gasteiger partial charge on any atom is 0.316 e. The van der Waals surface area contributed by atoms with Crippen molar-refractivity contribution >= 4 is 22.5 Å². The molecule has 0 fully saturated rings. The molecule has 1 atom stereocenters. The molecule has 20 heavy (non-hydrogen) atoms. The summed E-state index contributed by atoms with van der Waals surface area (Å²) in [6, 6.07) is 14.0. The molecule has 0 saturated heterocycles. The van der Waals surface area contributed by atoms with Crippen LogP contribution >= 0.6 is 0 Å². The molecule has 0 aliphatic heterocycles. The van der Waals surface area contributed by atoms with E-state index >= 15 is 0 Å². The van der Waals surface area contributed by atoms with E-state index in [-0.39, 0.29) is 5.78 Å². The second kappa shape index (κ2) is 6.33. The van der Waals surface area contributed by atoms with Crippen LogP contribution in [0.3, 0.4) is 0 Å². The van der Waals surface area contributed by atoms with Crippen LogP contribution in [0.15, 0.2) is 42.5 Å². The Labute approximate surface area is 118 Å². The van der Waals surface area contributed by atoms with Gasteiger partial charge in [-0.3, -0.25) is 9.59 Å². The van der Waals surface area contributed by atoms with Gasteiger partial charge in [-0.05, 0) is 36.6 Å². The Morgan fingerprint density at radius 1 is 1.10 bits per heavy atom. The number of benzene rings is 2. The first-order valence-electron chi connectivity index (χ1n) is 6.76. The number of rotatable bonds is 5. The number of fused-ring (bicyclic) bond motifs is 1. The average Bonchev–Trinajstić information content (AvgIpc) is 2.44. The zero-order chi connectivity index (χ0) is 14.5. The van der Waals surface area contributed by atoms with Gasteiger partial charge in [-0.25, -0.2) is 0 Å². The highest BCUT2D eigenvalue weighted by atomic mass is 16.5. The third kappa shape index (κ3) is 3.23. The van der Waals surface area contributed by atoms with Gasteiger partial charge in [0.05, 0.1) is 6.61 Å². The van der Waals surface area contributed by atoms with Crippen LogP contribution in [0, 0.1) is 5.92 Å². The van der Waals surface area contributed by atoms with Gasteiger partial charge in [0, 0.05) is 0 Å². The fourth-order valence-corrected chi connectivity index (χ4v) is 2.24. The molecule has 2 rings (SSSR count). The lowest BCUT2D eigenvalue weighted by molar-refractivity contribution is -0.151. The fraction of sp³-hybridized carbons (Fsp3) is 0.294. The Balaban J connectivity index is 2.24. The minimum atomic E-state index is -0.712. The van der Waals surface area contributed by atoms with Gasteiger partial charge in [0.1, 0.15) is 11.7 Å². The summed E-state index contributed by atoms with van der Waals surface area (Å²) in [6.45, 7) is 3.47. The van der Waals surface area contributed by atoms with Crippen LogP contribution < -0.4 is 0 Å². The van der Waals surface area contributed by atoms with E-state index < -0.39 is 11.9 Å². The van der Waals surface area contributed by atoms with Crippen molar-refractivity contribution in [3.8, 4) is 0 Å². The summed E-state index contributed by atoms with van der Waals surface area (Å²) in [5.41, 5.74) is 0.969. The minimum Gasteiger partial charge on any atom is -0.465 e. The Morgan fingerprint density at radius 3 is 2.45 bits per heavy atom. The maximum absolute atomic E-state index is 11.8. The Kier molecular flexibility index (Phi) is 4.51. The molecule has 0 aliphatic carbocycles. The van der Waals surface area contributed by atoms with E-state index in [0.717, 1.165) is 16.3 Å². The van der Waals surface area contributed by atoms with E-state index in [1.807, 2.05) is 42.5 Å². The summed E-state index contributed by atoms with van der Waals surface area (Å²) in [7, 11) is 0. The molecule has 0 aromatic heterocycles. The molecule has 2 aromatic carbocycles. The third-order valence-corrected chi connectivity index (χ3v) is 3.32. The SMILES string of the molecule is CCOC(=O)C(Cc1ccc2ccccc2c1)C(C)=O. The zero-order valence-electron chi connectivity index (χ0n) is 11.8. The summed E-state index contributed by atoms with van der Waals surface area (Å²) >= 11 is 0. The molecule has 0 N–H and O–H groups in total. The average molecular weight is 270 g/mol. The lowest BCUT2D eigenvalue weighted by Crippen LogP contribution is -2.26. The first-order valence-corrected chi connectivity index (χ1v) is 6.76. The van der Waals surface area contributed by atoms with Gasteiger partial charge in [0.2, 0.25) is 0 Å². The van der Waals surface area contributed by atoms with Gasteiger partial charge in [0.25, 0.3) is 0 Å². The highest BCUT2D eigenvalue weighted by Gasteiger charge is 2.24. The van der Waals surface area contributed by atoms with Gasteiger partial charge in [-0.15, -0.1) is 0 Å². The number of hydrogen-bond donors (Lipinski definition) is 0. The largest absolute Gasteiger partial charge is 0.465 e.